The van der Waals surface area contributed by atoms with Gasteiger partial charge in [-0.2, -0.15) is 0 Å². The minimum Gasteiger partial charge on any atom is -0.480 e. The van der Waals surface area contributed by atoms with Gasteiger partial charge in [0.1, 0.15) is 6.04 Å². The molecule has 2 amide bonds. The Labute approximate surface area is 100 Å². The third-order valence-electron chi connectivity index (χ3n) is 2.22. The van der Waals surface area contributed by atoms with Gasteiger partial charge in [0.05, 0.1) is 12.6 Å². The number of carbonyl (C=O) groups excluding carboxylic acids is 1. The number of carbonyl (C=O) groups is 2. The van der Waals surface area contributed by atoms with E-state index in [9.17, 15) is 9.59 Å². The highest BCUT2D eigenvalue weighted by atomic mass is 16.5. The molecule has 7 nitrogen and oxygen atoms in total. The van der Waals surface area contributed by atoms with Crippen LogP contribution in [0.3, 0.4) is 0 Å². The molecule has 0 radical (unpaired) electrons. The van der Waals surface area contributed by atoms with E-state index in [0.29, 0.717) is 13.0 Å². The van der Waals surface area contributed by atoms with Crippen molar-refractivity contribution in [3.05, 3.63) is 0 Å². The van der Waals surface area contributed by atoms with Gasteiger partial charge in [0, 0.05) is 20.1 Å². The zero-order chi connectivity index (χ0) is 13.3. The molecule has 0 aliphatic carbocycles. The number of rotatable bonds is 8. The molecule has 0 fully saturated rings. The summed E-state index contributed by atoms with van der Waals surface area (Å²) >= 11 is 0. The highest BCUT2D eigenvalue weighted by Crippen LogP contribution is 1.94. The molecule has 17 heavy (non-hydrogen) atoms. The molecule has 0 bridgehead atoms. The van der Waals surface area contributed by atoms with Crippen molar-refractivity contribution in [3.8, 4) is 0 Å². The Morgan fingerprint density at radius 3 is 2.41 bits per heavy atom. The second-order valence-corrected chi connectivity index (χ2v) is 3.58. The first-order valence-corrected chi connectivity index (χ1v) is 5.44. The van der Waals surface area contributed by atoms with Crippen LogP contribution in [0, 0.1) is 0 Å². The Bertz CT molecular complexity index is 247. The van der Waals surface area contributed by atoms with Crippen LogP contribution in [0.25, 0.3) is 0 Å². The molecule has 2 atom stereocenters. The summed E-state index contributed by atoms with van der Waals surface area (Å²) < 4.78 is 4.90. The van der Waals surface area contributed by atoms with Crippen molar-refractivity contribution in [1.29, 1.82) is 0 Å². The van der Waals surface area contributed by atoms with Crippen molar-refractivity contribution < 1.29 is 24.5 Å². The Kier molecular flexibility index (Phi) is 8.08. The van der Waals surface area contributed by atoms with Crippen LogP contribution in [-0.4, -0.2) is 54.6 Å². The lowest BCUT2D eigenvalue weighted by atomic mass is 10.2. The summed E-state index contributed by atoms with van der Waals surface area (Å²) in [7, 11) is 1.52. The van der Waals surface area contributed by atoms with Crippen molar-refractivity contribution in [2.24, 2.45) is 0 Å². The van der Waals surface area contributed by atoms with Crippen molar-refractivity contribution in [1.82, 2.24) is 10.6 Å². The zero-order valence-corrected chi connectivity index (χ0v) is 10.1. The van der Waals surface area contributed by atoms with Crippen LogP contribution in [0.1, 0.15) is 19.8 Å². The van der Waals surface area contributed by atoms with E-state index in [1.165, 1.54) is 7.11 Å². The van der Waals surface area contributed by atoms with Gasteiger partial charge in [-0.3, -0.25) is 0 Å². The van der Waals surface area contributed by atoms with Gasteiger partial charge in [-0.1, -0.05) is 6.92 Å². The molecule has 0 heterocycles. The number of aliphatic hydroxyl groups is 1. The number of carboxylic acid groups (broad SMARTS) is 1. The number of nitrogens with one attached hydrogen (secondary N) is 2. The van der Waals surface area contributed by atoms with E-state index >= 15 is 0 Å². The maximum absolute atomic E-state index is 11.5. The standard InChI is InChI=1S/C10H20N2O5/c1-3-7(6-17-2)11-10(16)12-8(4-5-13)9(14)15/h7-8,13H,3-6H2,1-2H3,(H,14,15)(H2,11,12,16)/t7?,8-/m1/s1. The van der Waals surface area contributed by atoms with Crippen LogP contribution in [0.15, 0.2) is 0 Å². The summed E-state index contributed by atoms with van der Waals surface area (Å²) in [5, 5.41) is 22.3. The molecule has 1 unspecified atom stereocenters. The van der Waals surface area contributed by atoms with Gasteiger partial charge >= 0.3 is 12.0 Å². The molecule has 0 spiro atoms. The number of carboxylic acids is 1. The van der Waals surface area contributed by atoms with E-state index in [-0.39, 0.29) is 19.1 Å². The molecule has 0 aromatic carbocycles. The Hall–Kier alpha value is -1.34. The Morgan fingerprint density at radius 2 is 2.00 bits per heavy atom. The van der Waals surface area contributed by atoms with E-state index in [4.69, 9.17) is 14.9 Å². The molecule has 4 N–H and O–H groups in total. The summed E-state index contributed by atoms with van der Waals surface area (Å²) in [6, 6.07) is -1.82. The average Bonchev–Trinajstić information content (AvgIpc) is 2.27. The number of hydrogen-bond acceptors (Lipinski definition) is 4. The molecular formula is C10H20N2O5. The van der Waals surface area contributed by atoms with E-state index in [1.807, 2.05) is 6.92 Å². The maximum Gasteiger partial charge on any atom is 0.326 e. The van der Waals surface area contributed by atoms with Gasteiger partial charge in [-0.05, 0) is 6.42 Å². The molecule has 100 valence electrons. The number of hydrogen-bond donors (Lipinski definition) is 4. The molecule has 0 rings (SSSR count). The van der Waals surface area contributed by atoms with Crippen molar-refractivity contribution in [2.45, 2.75) is 31.8 Å². The summed E-state index contributed by atoms with van der Waals surface area (Å²) in [6.45, 7) is 1.94. The van der Waals surface area contributed by atoms with Crippen LogP contribution in [0.4, 0.5) is 4.79 Å². The molecule has 0 aromatic rings. The monoisotopic (exact) mass is 248 g/mol. The molecular weight excluding hydrogens is 228 g/mol. The van der Waals surface area contributed by atoms with Crippen molar-refractivity contribution >= 4 is 12.0 Å². The second-order valence-electron chi connectivity index (χ2n) is 3.58. The summed E-state index contributed by atoms with van der Waals surface area (Å²) in [6.07, 6.45) is 0.656. The van der Waals surface area contributed by atoms with Gasteiger partial charge in [0.2, 0.25) is 0 Å². The first kappa shape index (κ1) is 15.7. The quantitative estimate of drug-likeness (QED) is 0.465. The highest BCUT2D eigenvalue weighted by molar-refractivity contribution is 5.82. The third kappa shape index (κ3) is 6.75. The fourth-order valence-corrected chi connectivity index (χ4v) is 1.23. The Morgan fingerprint density at radius 1 is 1.35 bits per heavy atom. The van der Waals surface area contributed by atoms with Crippen LogP contribution in [0.5, 0.6) is 0 Å². The topological polar surface area (TPSA) is 108 Å². The first-order chi connectivity index (χ1) is 8.04. The SMILES string of the molecule is CCC(COC)NC(=O)N[C@H](CCO)C(=O)O. The van der Waals surface area contributed by atoms with E-state index in [0.717, 1.165) is 0 Å². The largest absolute Gasteiger partial charge is 0.480 e. The molecule has 0 aromatic heterocycles. The fourth-order valence-electron chi connectivity index (χ4n) is 1.23. The van der Waals surface area contributed by atoms with Crippen molar-refractivity contribution in [2.75, 3.05) is 20.3 Å². The number of urea groups is 1. The minimum absolute atomic E-state index is 0.0240. The molecule has 0 saturated carbocycles. The lowest BCUT2D eigenvalue weighted by molar-refractivity contribution is -0.139. The van der Waals surface area contributed by atoms with E-state index < -0.39 is 18.0 Å². The minimum atomic E-state index is -1.17. The van der Waals surface area contributed by atoms with Gasteiger partial charge in [0.25, 0.3) is 0 Å². The van der Waals surface area contributed by atoms with Crippen LogP contribution >= 0.6 is 0 Å². The molecule has 0 aliphatic rings. The van der Waals surface area contributed by atoms with Crippen molar-refractivity contribution in [3.63, 3.8) is 0 Å². The second kappa shape index (κ2) is 8.77. The van der Waals surface area contributed by atoms with Gasteiger partial charge in [-0.15, -0.1) is 0 Å². The summed E-state index contributed by atoms with van der Waals surface area (Å²) in [5.41, 5.74) is 0. The lowest BCUT2D eigenvalue weighted by Gasteiger charge is -2.19. The van der Waals surface area contributed by atoms with E-state index in [1.54, 1.807) is 0 Å². The summed E-state index contributed by atoms with van der Waals surface area (Å²) in [5.74, 6) is -1.17. The normalized spacial score (nSPS) is 13.8. The third-order valence-corrected chi connectivity index (χ3v) is 2.22. The molecule has 7 heteroatoms. The number of aliphatic hydroxyl groups excluding tert-OH is 1. The predicted octanol–water partition coefficient (Wildman–Crippen LogP) is -0.454. The van der Waals surface area contributed by atoms with Gasteiger partial charge < -0.3 is 25.6 Å². The van der Waals surface area contributed by atoms with Crippen LogP contribution < -0.4 is 10.6 Å². The first-order valence-electron chi connectivity index (χ1n) is 5.44. The van der Waals surface area contributed by atoms with E-state index in [2.05, 4.69) is 10.6 Å². The molecule has 0 saturated heterocycles. The zero-order valence-electron chi connectivity index (χ0n) is 10.1. The van der Waals surface area contributed by atoms with Crippen LogP contribution in [-0.2, 0) is 9.53 Å². The number of aliphatic carboxylic acids is 1. The van der Waals surface area contributed by atoms with Gasteiger partial charge in [-0.25, -0.2) is 9.59 Å². The maximum atomic E-state index is 11.5. The Balaban J connectivity index is 4.16. The number of amides is 2. The number of ether oxygens (including phenoxy) is 1. The predicted molar refractivity (Wildman–Crippen MR) is 60.7 cm³/mol. The smallest absolute Gasteiger partial charge is 0.326 e. The molecule has 0 aliphatic heterocycles. The average molecular weight is 248 g/mol. The highest BCUT2D eigenvalue weighted by Gasteiger charge is 2.20. The fraction of sp³-hybridized carbons (Fsp3) is 0.800. The number of methoxy groups -OCH3 is 1. The summed E-state index contributed by atoms with van der Waals surface area (Å²) in [4.78, 5) is 22.2. The van der Waals surface area contributed by atoms with Gasteiger partial charge in [0.15, 0.2) is 0 Å². The van der Waals surface area contributed by atoms with Crippen LogP contribution in [0.2, 0.25) is 0 Å². The lowest BCUT2D eigenvalue weighted by Crippen LogP contribution is -2.50.